The Bertz CT molecular complexity index is 2790. The molecule has 0 bridgehead atoms. The zero-order chi connectivity index (χ0) is 41.8. The van der Waals surface area contributed by atoms with Gasteiger partial charge in [0.2, 0.25) is 20.0 Å². The van der Waals surface area contributed by atoms with Crippen molar-refractivity contribution >= 4 is 85.5 Å². The van der Waals surface area contributed by atoms with E-state index in [0.717, 1.165) is 0 Å². The Morgan fingerprint density at radius 1 is 0.825 bits per heavy atom. The fourth-order valence-electron chi connectivity index (χ4n) is 7.60. The number of rotatable bonds is 14. The number of aromatic nitrogens is 3. The first-order valence-corrected chi connectivity index (χ1v) is 22.6. The van der Waals surface area contributed by atoms with Crippen LogP contribution < -0.4 is 10.3 Å². The number of benzene rings is 2. The number of fused-ring (bicyclic) bond motifs is 2. The summed E-state index contributed by atoms with van der Waals surface area (Å²) in [6, 6.07) is 8.31. The highest BCUT2D eigenvalue weighted by atomic mass is 79.9. The number of aryl methyl sites for hydroxylation is 3. The molecule has 302 valence electrons. The molecule has 7 rings (SSSR count). The van der Waals surface area contributed by atoms with Crippen LogP contribution in [-0.2, 0) is 26.5 Å². The van der Waals surface area contributed by atoms with Crippen molar-refractivity contribution in [3.8, 4) is 5.75 Å². The SMILES string of the molecule is C=CCC1(S(=O)(=O)n2cc(C)c3c(C(=O)CCc4c(OC)cc(C)[nH]c4=O)cc(Br)cc32)CC1.C=CCC1(S(=O)(=O)n2cc(C)c3c(C(=O)O)cc(Br)cc32)CC1. The van der Waals surface area contributed by atoms with Gasteiger partial charge in [-0.05, 0) is 107 Å². The van der Waals surface area contributed by atoms with E-state index in [0.29, 0.717) is 103 Å². The highest BCUT2D eigenvalue weighted by Crippen LogP contribution is 2.50. The molecule has 0 amide bonds. The van der Waals surface area contributed by atoms with Gasteiger partial charge in [-0.1, -0.05) is 44.0 Å². The first-order chi connectivity index (χ1) is 26.8. The molecule has 0 radical (unpaired) electrons. The van der Waals surface area contributed by atoms with Crippen molar-refractivity contribution in [2.75, 3.05) is 7.11 Å². The normalized spacial score (nSPS) is 15.5. The van der Waals surface area contributed by atoms with E-state index in [-0.39, 0.29) is 29.7 Å². The Hall–Kier alpha value is -4.25. The van der Waals surface area contributed by atoms with Gasteiger partial charge in [-0.15, -0.1) is 13.2 Å². The molecule has 0 aliphatic heterocycles. The van der Waals surface area contributed by atoms with Crippen LogP contribution in [0, 0.1) is 20.8 Å². The number of aromatic amines is 1. The Labute approximate surface area is 348 Å². The number of nitrogens with one attached hydrogen (secondary N) is 1. The molecule has 16 heteroatoms. The lowest BCUT2D eigenvalue weighted by Gasteiger charge is -2.16. The van der Waals surface area contributed by atoms with Gasteiger partial charge >= 0.3 is 5.97 Å². The molecule has 0 spiro atoms. The summed E-state index contributed by atoms with van der Waals surface area (Å²) >= 11 is 6.72. The van der Waals surface area contributed by atoms with Gasteiger partial charge in [0, 0.05) is 49.8 Å². The van der Waals surface area contributed by atoms with E-state index in [9.17, 15) is 36.3 Å². The molecule has 2 aliphatic carbocycles. The third-order valence-electron chi connectivity index (χ3n) is 10.9. The van der Waals surface area contributed by atoms with Crippen molar-refractivity contribution in [1.82, 2.24) is 12.9 Å². The van der Waals surface area contributed by atoms with Crippen molar-refractivity contribution in [2.24, 2.45) is 0 Å². The van der Waals surface area contributed by atoms with Crippen LogP contribution in [-0.4, -0.2) is 63.2 Å². The maximum absolute atomic E-state index is 13.5. The van der Waals surface area contributed by atoms with Gasteiger partial charge in [-0.2, -0.15) is 0 Å². The number of Topliss-reactive ketones (excluding diaryl/α,β-unsaturated/α-hetero) is 1. The van der Waals surface area contributed by atoms with Crippen LogP contribution in [0.4, 0.5) is 0 Å². The number of aromatic carboxylic acids is 1. The summed E-state index contributed by atoms with van der Waals surface area (Å²) < 4.78 is 60.6. The average molecular weight is 946 g/mol. The highest BCUT2D eigenvalue weighted by Gasteiger charge is 2.55. The molecule has 2 fully saturated rings. The lowest BCUT2D eigenvalue weighted by molar-refractivity contribution is 0.0698. The molecular weight excluding hydrogens is 902 g/mol. The van der Waals surface area contributed by atoms with E-state index < -0.39 is 35.5 Å². The Morgan fingerprint density at radius 3 is 1.70 bits per heavy atom. The number of H-pyrrole nitrogens is 1. The lowest BCUT2D eigenvalue weighted by atomic mass is 9.98. The molecule has 2 saturated carbocycles. The van der Waals surface area contributed by atoms with Gasteiger partial charge in [0.1, 0.15) is 5.75 Å². The van der Waals surface area contributed by atoms with Gasteiger partial charge in [0.05, 0.1) is 38.8 Å². The van der Waals surface area contributed by atoms with E-state index in [2.05, 4.69) is 50.0 Å². The van der Waals surface area contributed by atoms with E-state index in [1.807, 2.05) is 0 Å². The van der Waals surface area contributed by atoms with E-state index in [4.69, 9.17) is 4.74 Å². The smallest absolute Gasteiger partial charge is 0.336 e. The van der Waals surface area contributed by atoms with Gasteiger partial charge in [0.15, 0.2) is 5.78 Å². The van der Waals surface area contributed by atoms with Crippen molar-refractivity contribution < 1.29 is 36.3 Å². The number of methoxy groups -OCH3 is 1. The summed E-state index contributed by atoms with van der Waals surface area (Å²) in [5.74, 6) is -0.820. The molecule has 3 aromatic heterocycles. The number of allylic oxidation sites excluding steroid dienone is 2. The van der Waals surface area contributed by atoms with E-state index in [1.165, 1.54) is 27.3 Å². The molecule has 2 N–H and O–H groups in total. The maximum Gasteiger partial charge on any atom is 0.336 e. The van der Waals surface area contributed by atoms with Crippen molar-refractivity contribution in [1.29, 1.82) is 0 Å². The minimum absolute atomic E-state index is 0.0752. The van der Waals surface area contributed by atoms with E-state index >= 15 is 0 Å². The summed E-state index contributed by atoms with van der Waals surface area (Å²) in [6.07, 6.45) is 9.82. The molecule has 0 saturated heterocycles. The van der Waals surface area contributed by atoms with Gasteiger partial charge in [-0.25, -0.2) is 29.6 Å². The molecule has 3 heterocycles. The number of carboxylic acid groups (broad SMARTS) is 1. The topological polar surface area (TPSA) is 175 Å². The van der Waals surface area contributed by atoms with Crippen molar-refractivity contribution in [3.05, 3.63) is 121 Å². The lowest BCUT2D eigenvalue weighted by Crippen LogP contribution is -2.28. The zero-order valence-electron chi connectivity index (χ0n) is 31.9. The number of pyridine rings is 1. The van der Waals surface area contributed by atoms with Gasteiger partial charge < -0.3 is 14.8 Å². The Kier molecular flexibility index (Phi) is 11.5. The molecule has 12 nitrogen and oxygen atoms in total. The number of carboxylic acids is 1. The largest absolute Gasteiger partial charge is 0.496 e. The quantitative estimate of drug-likeness (QED) is 0.0817. The molecule has 57 heavy (non-hydrogen) atoms. The van der Waals surface area contributed by atoms with Gasteiger partial charge in [0.25, 0.3) is 5.56 Å². The number of ketones is 1. The second kappa shape index (κ2) is 15.5. The fourth-order valence-corrected chi connectivity index (χ4v) is 12.6. The number of nitrogens with zero attached hydrogens (tertiary/aromatic N) is 2. The van der Waals surface area contributed by atoms with E-state index in [1.54, 1.807) is 63.4 Å². The molecule has 5 aromatic rings. The summed E-state index contributed by atoms with van der Waals surface area (Å²) in [4.78, 5) is 40.0. The summed E-state index contributed by atoms with van der Waals surface area (Å²) in [7, 11) is -5.81. The predicted molar refractivity (Wildman–Crippen MR) is 229 cm³/mol. The number of carbonyl (C=O) groups is 2. The summed E-state index contributed by atoms with van der Waals surface area (Å²) in [5, 5.41) is 10.5. The van der Waals surface area contributed by atoms with Crippen molar-refractivity contribution in [3.63, 3.8) is 0 Å². The summed E-state index contributed by atoms with van der Waals surface area (Å²) in [5.41, 5.74) is 3.51. The Morgan fingerprint density at radius 2 is 1.28 bits per heavy atom. The van der Waals surface area contributed by atoms with Crippen LogP contribution in [0.3, 0.4) is 0 Å². The van der Waals surface area contributed by atoms with Crippen LogP contribution in [0.2, 0.25) is 0 Å². The monoisotopic (exact) mass is 943 g/mol. The zero-order valence-corrected chi connectivity index (χ0v) is 36.8. The number of halogens is 2. The second-order valence-corrected chi connectivity index (χ2v) is 21.1. The highest BCUT2D eigenvalue weighted by molar-refractivity contribution is 9.10. The minimum Gasteiger partial charge on any atom is -0.496 e. The molecule has 0 unspecified atom stereocenters. The first-order valence-electron chi connectivity index (χ1n) is 18.2. The average Bonchev–Trinajstić information content (AvgIpc) is 4.06. The summed E-state index contributed by atoms with van der Waals surface area (Å²) in [6.45, 7) is 12.7. The van der Waals surface area contributed by atoms with Crippen LogP contribution >= 0.6 is 31.9 Å². The first kappa shape index (κ1) is 42.4. The molecule has 2 aliphatic rings. The third-order valence-corrected chi connectivity index (χ3v) is 16.8. The van der Waals surface area contributed by atoms with Crippen LogP contribution in [0.15, 0.2) is 81.8 Å². The maximum atomic E-state index is 13.5. The minimum atomic E-state index is -3.68. The fraction of sp³-hybridized carbons (Fsp3) is 0.341. The van der Waals surface area contributed by atoms with Crippen LogP contribution in [0.1, 0.15) is 88.0 Å². The number of hydrogen-bond acceptors (Lipinski definition) is 8. The van der Waals surface area contributed by atoms with Crippen molar-refractivity contribution in [2.45, 2.75) is 81.6 Å². The number of hydrogen-bond donors (Lipinski definition) is 2. The molecule has 0 atom stereocenters. The standard InChI is InChI=1S/C25H27BrN2O5S.C16H16BrNO4S/c1-5-8-25(9-10-25)34(31,32)28-14-15(2)23-19(12-17(26)13-20(23)28)21(29)7-6-18-22(33-4)11-16(3)27-24(18)30;1-3-4-16(5-6-16)23(21,22)18-9-10(2)14-12(15(19)20)7-11(17)8-13(14)18/h5,11-14H,1,6-10H2,2-4H3,(H,27,30);3,7-9H,1,4-6H2,2H3,(H,19,20). The third kappa shape index (κ3) is 7.49. The van der Waals surface area contributed by atoms with Crippen LogP contribution in [0.25, 0.3) is 21.8 Å². The molecule has 2 aromatic carbocycles. The van der Waals surface area contributed by atoms with Gasteiger partial charge in [-0.3, -0.25) is 9.59 Å². The Balaban J connectivity index is 0.000000208. The van der Waals surface area contributed by atoms with Crippen LogP contribution in [0.5, 0.6) is 5.75 Å². The number of carbonyl (C=O) groups excluding carboxylic acids is 1. The second-order valence-electron chi connectivity index (χ2n) is 14.8. The number of ether oxygens (including phenoxy) is 1. The molecular formula is C41H43Br2N3O9S2. The predicted octanol–water partition coefficient (Wildman–Crippen LogP) is 8.52.